The molecule has 122 valence electrons. The van der Waals surface area contributed by atoms with Crippen LogP contribution in [0.2, 0.25) is 0 Å². The first kappa shape index (κ1) is 15.1. The SMILES string of the molecule is Fc1ccc(/C=C/c2nc(-c3ccc(-n4cccc4)cc3)no2)cc1. The largest absolute Gasteiger partial charge is 0.334 e. The minimum atomic E-state index is -0.263. The van der Waals surface area contributed by atoms with Crippen molar-refractivity contribution in [3.8, 4) is 17.1 Å². The van der Waals surface area contributed by atoms with Gasteiger partial charge in [-0.05, 0) is 60.2 Å². The fourth-order valence-corrected chi connectivity index (χ4v) is 2.45. The van der Waals surface area contributed by atoms with E-state index in [4.69, 9.17) is 4.52 Å². The Bertz CT molecular complexity index is 984. The van der Waals surface area contributed by atoms with Gasteiger partial charge in [0.25, 0.3) is 5.89 Å². The molecule has 0 saturated carbocycles. The second kappa shape index (κ2) is 6.57. The van der Waals surface area contributed by atoms with Gasteiger partial charge < -0.3 is 9.09 Å². The monoisotopic (exact) mass is 331 g/mol. The van der Waals surface area contributed by atoms with Gasteiger partial charge in [0.2, 0.25) is 5.82 Å². The van der Waals surface area contributed by atoms with E-state index in [2.05, 4.69) is 10.1 Å². The molecule has 2 heterocycles. The van der Waals surface area contributed by atoms with Crippen LogP contribution in [0.15, 0.2) is 77.6 Å². The van der Waals surface area contributed by atoms with Crippen molar-refractivity contribution in [1.29, 1.82) is 0 Å². The van der Waals surface area contributed by atoms with E-state index in [1.807, 2.05) is 53.4 Å². The fourth-order valence-electron chi connectivity index (χ4n) is 2.45. The predicted octanol–water partition coefficient (Wildman–Crippen LogP) is 4.84. The third-order valence-electron chi connectivity index (χ3n) is 3.76. The molecule has 0 radical (unpaired) electrons. The minimum absolute atomic E-state index is 0.263. The van der Waals surface area contributed by atoms with Gasteiger partial charge in [-0.25, -0.2) is 4.39 Å². The highest BCUT2D eigenvalue weighted by atomic mass is 19.1. The standard InChI is InChI=1S/C20H14FN3O/c21-17-8-3-15(4-9-17)5-12-19-22-20(23-25-19)16-6-10-18(11-7-16)24-13-1-2-14-24/h1-14H/b12-5+. The number of aromatic nitrogens is 3. The molecule has 0 aliphatic carbocycles. The number of benzene rings is 2. The van der Waals surface area contributed by atoms with Gasteiger partial charge in [0.15, 0.2) is 0 Å². The number of nitrogens with zero attached hydrogens (tertiary/aromatic N) is 3. The van der Waals surface area contributed by atoms with Gasteiger partial charge in [0, 0.05) is 29.7 Å². The highest BCUT2D eigenvalue weighted by Gasteiger charge is 2.07. The van der Waals surface area contributed by atoms with E-state index >= 15 is 0 Å². The molecule has 0 aliphatic rings. The van der Waals surface area contributed by atoms with E-state index in [0.29, 0.717) is 11.7 Å². The Kier molecular flexibility index (Phi) is 3.96. The lowest BCUT2D eigenvalue weighted by Crippen LogP contribution is -1.89. The number of hydrogen-bond donors (Lipinski definition) is 0. The van der Waals surface area contributed by atoms with Crippen LogP contribution in [-0.2, 0) is 0 Å². The first-order valence-corrected chi connectivity index (χ1v) is 7.79. The summed E-state index contributed by atoms with van der Waals surface area (Å²) in [6.45, 7) is 0. The molecule has 4 nitrogen and oxygen atoms in total. The molecule has 0 fully saturated rings. The molecule has 0 N–H and O–H groups in total. The van der Waals surface area contributed by atoms with Crippen LogP contribution in [0, 0.1) is 5.82 Å². The molecule has 0 spiro atoms. The van der Waals surface area contributed by atoms with Crippen LogP contribution in [0.25, 0.3) is 29.2 Å². The maximum atomic E-state index is 12.9. The Morgan fingerprint density at radius 1 is 0.880 bits per heavy atom. The smallest absolute Gasteiger partial charge is 0.250 e. The van der Waals surface area contributed by atoms with Crippen molar-refractivity contribution < 1.29 is 8.91 Å². The maximum Gasteiger partial charge on any atom is 0.250 e. The van der Waals surface area contributed by atoms with Gasteiger partial charge in [-0.15, -0.1) is 0 Å². The van der Waals surface area contributed by atoms with Crippen LogP contribution in [0.5, 0.6) is 0 Å². The molecule has 0 aliphatic heterocycles. The first-order chi connectivity index (χ1) is 12.3. The van der Waals surface area contributed by atoms with Gasteiger partial charge in [-0.2, -0.15) is 4.98 Å². The average molecular weight is 331 g/mol. The summed E-state index contributed by atoms with van der Waals surface area (Å²) in [5, 5.41) is 4.00. The molecular weight excluding hydrogens is 317 g/mol. The lowest BCUT2D eigenvalue weighted by molar-refractivity contribution is 0.411. The normalized spacial score (nSPS) is 11.2. The molecule has 25 heavy (non-hydrogen) atoms. The zero-order chi connectivity index (χ0) is 17.1. The first-order valence-electron chi connectivity index (χ1n) is 7.79. The zero-order valence-corrected chi connectivity index (χ0v) is 13.2. The molecule has 4 rings (SSSR count). The molecule has 0 amide bonds. The van der Waals surface area contributed by atoms with Crippen LogP contribution in [0.4, 0.5) is 4.39 Å². The number of rotatable bonds is 4. The Labute approximate surface area is 143 Å². The summed E-state index contributed by atoms with van der Waals surface area (Å²) < 4.78 is 20.2. The third-order valence-corrected chi connectivity index (χ3v) is 3.76. The summed E-state index contributed by atoms with van der Waals surface area (Å²) in [5.41, 5.74) is 2.80. The summed E-state index contributed by atoms with van der Waals surface area (Å²) in [6, 6.07) is 18.0. The van der Waals surface area contributed by atoms with Gasteiger partial charge in [-0.1, -0.05) is 17.3 Å². The predicted molar refractivity (Wildman–Crippen MR) is 94.4 cm³/mol. The van der Waals surface area contributed by atoms with Crippen molar-refractivity contribution in [3.63, 3.8) is 0 Å². The highest BCUT2D eigenvalue weighted by Crippen LogP contribution is 2.19. The fraction of sp³-hybridized carbons (Fsp3) is 0. The van der Waals surface area contributed by atoms with E-state index in [-0.39, 0.29) is 5.82 Å². The second-order valence-corrected chi connectivity index (χ2v) is 5.48. The Hall–Kier alpha value is -3.47. The topological polar surface area (TPSA) is 43.9 Å². The van der Waals surface area contributed by atoms with Gasteiger partial charge in [-0.3, -0.25) is 0 Å². The molecule has 0 atom stereocenters. The summed E-state index contributed by atoms with van der Waals surface area (Å²) in [4.78, 5) is 4.36. The second-order valence-electron chi connectivity index (χ2n) is 5.48. The molecule has 0 bridgehead atoms. The number of hydrogen-bond acceptors (Lipinski definition) is 3. The van der Waals surface area contributed by atoms with E-state index in [0.717, 1.165) is 16.8 Å². The summed E-state index contributed by atoms with van der Waals surface area (Å²) in [6.07, 6.45) is 7.48. The highest BCUT2D eigenvalue weighted by molar-refractivity contribution is 5.67. The van der Waals surface area contributed by atoms with Gasteiger partial charge in [0.1, 0.15) is 5.82 Å². The van der Waals surface area contributed by atoms with E-state index in [1.54, 1.807) is 24.3 Å². The average Bonchev–Trinajstić information content (AvgIpc) is 3.34. The molecule has 5 heteroatoms. The molecular formula is C20H14FN3O. The van der Waals surface area contributed by atoms with Crippen LogP contribution >= 0.6 is 0 Å². The third kappa shape index (κ3) is 3.40. The van der Waals surface area contributed by atoms with E-state index in [1.165, 1.54) is 12.1 Å². The van der Waals surface area contributed by atoms with Crippen LogP contribution in [-0.4, -0.2) is 14.7 Å². The van der Waals surface area contributed by atoms with Crippen molar-refractivity contribution in [3.05, 3.63) is 90.3 Å². The van der Waals surface area contributed by atoms with Crippen molar-refractivity contribution in [1.82, 2.24) is 14.7 Å². The quantitative estimate of drug-likeness (QED) is 0.537. The Morgan fingerprint density at radius 2 is 1.60 bits per heavy atom. The van der Waals surface area contributed by atoms with Gasteiger partial charge in [0.05, 0.1) is 0 Å². The Morgan fingerprint density at radius 3 is 2.32 bits per heavy atom. The van der Waals surface area contributed by atoms with E-state index in [9.17, 15) is 4.39 Å². The molecule has 2 aromatic carbocycles. The summed E-state index contributed by atoms with van der Waals surface area (Å²) in [5.74, 6) is 0.659. The molecule has 0 saturated heterocycles. The van der Waals surface area contributed by atoms with Crippen molar-refractivity contribution >= 4 is 12.2 Å². The van der Waals surface area contributed by atoms with Crippen molar-refractivity contribution in [2.45, 2.75) is 0 Å². The summed E-state index contributed by atoms with van der Waals surface area (Å²) in [7, 11) is 0. The molecule has 0 unspecified atom stereocenters. The molecule has 4 aromatic rings. The number of halogens is 1. The lowest BCUT2D eigenvalue weighted by atomic mass is 10.2. The van der Waals surface area contributed by atoms with Crippen molar-refractivity contribution in [2.24, 2.45) is 0 Å². The van der Waals surface area contributed by atoms with Crippen molar-refractivity contribution in [2.75, 3.05) is 0 Å². The van der Waals surface area contributed by atoms with Crippen LogP contribution < -0.4 is 0 Å². The molecule has 2 aromatic heterocycles. The maximum absolute atomic E-state index is 12.9. The lowest BCUT2D eigenvalue weighted by Gasteiger charge is -2.02. The van der Waals surface area contributed by atoms with Crippen LogP contribution in [0.1, 0.15) is 11.5 Å². The Balaban J connectivity index is 1.51. The van der Waals surface area contributed by atoms with E-state index < -0.39 is 0 Å². The summed E-state index contributed by atoms with van der Waals surface area (Å²) >= 11 is 0. The van der Waals surface area contributed by atoms with Crippen LogP contribution in [0.3, 0.4) is 0 Å². The van der Waals surface area contributed by atoms with Gasteiger partial charge >= 0.3 is 0 Å². The minimum Gasteiger partial charge on any atom is -0.334 e. The zero-order valence-electron chi connectivity index (χ0n) is 13.2.